The number of aryl methyl sites for hydroxylation is 1. The molecule has 174 valence electrons. The Labute approximate surface area is 196 Å². The maximum absolute atomic E-state index is 11.2. The number of allylic oxidation sites excluding steroid dienone is 3. The van der Waals surface area contributed by atoms with Crippen LogP contribution in [-0.4, -0.2) is 22.6 Å². The van der Waals surface area contributed by atoms with Crippen molar-refractivity contribution in [2.45, 2.75) is 58.9 Å². The molecule has 5 heteroatoms. The molecule has 0 aliphatic carbocycles. The van der Waals surface area contributed by atoms with Crippen molar-refractivity contribution in [2.75, 3.05) is 7.11 Å². The van der Waals surface area contributed by atoms with E-state index in [0.29, 0.717) is 6.42 Å². The molecule has 0 aliphatic rings. The molecule has 0 N–H and O–H groups in total. The molecule has 2 aromatic heterocycles. The van der Waals surface area contributed by atoms with E-state index in [4.69, 9.17) is 9.15 Å². The van der Waals surface area contributed by atoms with Crippen molar-refractivity contribution < 1.29 is 13.9 Å². The van der Waals surface area contributed by atoms with Gasteiger partial charge in [0, 0.05) is 36.0 Å². The van der Waals surface area contributed by atoms with Gasteiger partial charge in [0.25, 0.3) is 0 Å². The molecule has 0 radical (unpaired) electrons. The van der Waals surface area contributed by atoms with Crippen LogP contribution in [0.1, 0.15) is 51.1 Å². The van der Waals surface area contributed by atoms with Crippen LogP contribution < -0.4 is 0 Å². The van der Waals surface area contributed by atoms with Crippen LogP contribution in [0.3, 0.4) is 0 Å². The van der Waals surface area contributed by atoms with Gasteiger partial charge in [0.2, 0.25) is 0 Å². The molecule has 0 atom stereocenters. The number of carbonyl (C=O) groups is 1. The van der Waals surface area contributed by atoms with Crippen LogP contribution >= 0.6 is 0 Å². The summed E-state index contributed by atoms with van der Waals surface area (Å²) in [5.41, 5.74) is 5.64. The van der Waals surface area contributed by atoms with Crippen molar-refractivity contribution >= 4 is 5.97 Å². The number of methoxy groups -OCH3 is 1. The number of imidazole rings is 1. The molecule has 0 unspecified atom stereocenters. The van der Waals surface area contributed by atoms with Gasteiger partial charge in [-0.15, -0.1) is 0 Å². The van der Waals surface area contributed by atoms with Crippen molar-refractivity contribution in [3.05, 3.63) is 78.4 Å². The number of aromatic nitrogens is 2. The standard InChI is InChI=1S/C28H34N2O3/c1-5-23(21(2)11-8-6-7-9-13-27(31)32-4)20-30-22(3)19-29-28(30)25-16-14-24(15-17-25)26-12-10-18-33-26/h5,10,12,14-19H,2,6-9,11,13,20H2,1,3-4H3/b23-5-. The van der Waals surface area contributed by atoms with Gasteiger partial charge in [-0.25, -0.2) is 4.98 Å². The Hall–Kier alpha value is -3.34. The van der Waals surface area contributed by atoms with Gasteiger partial charge in [0.15, 0.2) is 0 Å². The molecule has 5 nitrogen and oxygen atoms in total. The molecule has 0 bridgehead atoms. The number of ether oxygens (including phenoxy) is 1. The Kier molecular flexibility index (Phi) is 8.87. The minimum Gasteiger partial charge on any atom is -0.469 e. The lowest BCUT2D eigenvalue weighted by Crippen LogP contribution is -2.07. The summed E-state index contributed by atoms with van der Waals surface area (Å²) in [5.74, 6) is 1.69. The zero-order chi connectivity index (χ0) is 23.6. The van der Waals surface area contributed by atoms with Crippen LogP contribution in [0.2, 0.25) is 0 Å². The van der Waals surface area contributed by atoms with Crippen LogP contribution in [0.25, 0.3) is 22.7 Å². The number of carbonyl (C=O) groups excluding carboxylic acids is 1. The molecule has 33 heavy (non-hydrogen) atoms. The molecular weight excluding hydrogens is 412 g/mol. The number of hydrogen-bond acceptors (Lipinski definition) is 4. The third-order valence-electron chi connectivity index (χ3n) is 5.97. The van der Waals surface area contributed by atoms with E-state index < -0.39 is 0 Å². The third-order valence-corrected chi connectivity index (χ3v) is 5.97. The SMILES string of the molecule is C=C(CCCCCCC(=O)OC)/C(=C\C)Cn1c(C)cnc1-c1ccc(-c2ccco2)cc1. The van der Waals surface area contributed by atoms with Crippen molar-refractivity contribution in [3.8, 4) is 22.7 Å². The maximum Gasteiger partial charge on any atom is 0.305 e. The molecule has 2 heterocycles. The van der Waals surface area contributed by atoms with Crippen molar-refractivity contribution in [1.82, 2.24) is 9.55 Å². The van der Waals surface area contributed by atoms with Gasteiger partial charge in [-0.2, -0.15) is 0 Å². The van der Waals surface area contributed by atoms with Crippen molar-refractivity contribution in [2.24, 2.45) is 0 Å². The second kappa shape index (κ2) is 12.0. The monoisotopic (exact) mass is 446 g/mol. The molecular formula is C28H34N2O3. The summed E-state index contributed by atoms with van der Waals surface area (Å²) in [6.45, 7) is 9.26. The van der Waals surface area contributed by atoms with Gasteiger partial charge in [-0.1, -0.05) is 55.3 Å². The van der Waals surface area contributed by atoms with E-state index >= 15 is 0 Å². The lowest BCUT2D eigenvalue weighted by molar-refractivity contribution is -0.140. The first-order chi connectivity index (χ1) is 16.0. The fourth-order valence-corrected chi connectivity index (χ4v) is 3.92. The van der Waals surface area contributed by atoms with E-state index in [1.54, 1.807) is 6.26 Å². The van der Waals surface area contributed by atoms with E-state index in [2.05, 4.69) is 60.3 Å². The highest BCUT2D eigenvalue weighted by molar-refractivity contribution is 5.69. The number of hydrogen-bond donors (Lipinski definition) is 0. The molecule has 0 saturated carbocycles. The average molecular weight is 447 g/mol. The summed E-state index contributed by atoms with van der Waals surface area (Å²) in [5, 5.41) is 0. The first kappa shape index (κ1) is 24.3. The molecule has 3 aromatic rings. The van der Waals surface area contributed by atoms with E-state index in [1.807, 2.05) is 18.3 Å². The number of esters is 1. The van der Waals surface area contributed by atoms with Crippen molar-refractivity contribution in [1.29, 1.82) is 0 Å². The minimum absolute atomic E-state index is 0.127. The second-order valence-electron chi connectivity index (χ2n) is 8.27. The van der Waals surface area contributed by atoms with Gasteiger partial charge in [-0.3, -0.25) is 4.79 Å². The van der Waals surface area contributed by atoms with Crippen LogP contribution in [0.4, 0.5) is 0 Å². The second-order valence-corrected chi connectivity index (χ2v) is 8.27. The quantitative estimate of drug-likeness (QED) is 0.169. The normalized spacial score (nSPS) is 11.5. The zero-order valence-corrected chi connectivity index (χ0v) is 20.0. The van der Waals surface area contributed by atoms with E-state index in [9.17, 15) is 4.79 Å². The largest absolute Gasteiger partial charge is 0.469 e. The first-order valence-corrected chi connectivity index (χ1v) is 11.6. The molecule has 0 saturated heterocycles. The number of nitrogens with zero attached hydrogens (tertiary/aromatic N) is 2. The molecule has 0 amide bonds. The van der Waals surface area contributed by atoms with E-state index in [1.165, 1.54) is 12.7 Å². The Morgan fingerprint density at radius 1 is 1.09 bits per heavy atom. The van der Waals surface area contributed by atoms with Crippen molar-refractivity contribution in [3.63, 3.8) is 0 Å². The molecule has 0 aliphatic heterocycles. The summed E-state index contributed by atoms with van der Waals surface area (Å²) < 4.78 is 12.4. The summed E-state index contributed by atoms with van der Waals surface area (Å²) >= 11 is 0. The van der Waals surface area contributed by atoms with Gasteiger partial charge < -0.3 is 13.7 Å². The summed E-state index contributed by atoms with van der Waals surface area (Å²) in [7, 11) is 1.44. The Balaban J connectivity index is 1.60. The topological polar surface area (TPSA) is 57.3 Å². The van der Waals surface area contributed by atoms with E-state index in [-0.39, 0.29) is 5.97 Å². The lowest BCUT2D eigenvalue weighted by atomic mass is 10.00. The smallest absolute Gasteiger partial charge is 0.305 e. The van der Waals surface area contributed by atoms with Crippen LogP contribution in [0.5, 0.6) is 0 Å². The van der Waals surface area contributed by atoms with Crippen LogP contribution in [0.15, 0.2) is 77.1 Å². The summed E-state index contributed by atoms with van der Waals surface area (Å²) in [6, 6.07) is 12.2. The average Bonchev–Trinajstić information content (AvgIpc) is 3.49. The van der Waals surface area contributed by atoms with Crippen LogP contribution in [0, 0.1) is 6.92 Å². The molecule has 0 spiro atoms. The first-order valence-electron chi connectivity index (χ1n) is 11.6. The van der Waals surface area contributed by atoms with E-state index in [0.717, 1.165) is 72.6 Å². The number of benzene rings is 1. The molecule has 0 fully saturated rings. The fourth-order valence-electron chi connectivity index (χ4n) is 3.92. The number of rotatable bonds is 12. The predicted molar refractivity (Wildman–Crippen MR) is 133 cm³/mol. The van der Waals surface area contributed by atoms with Gasteiger partial charge in [-0.05, 0) is 50.8 Å². The van der Waals surface area contributed by atoms with Gasteiger partial charge >= 0.3 is 5.97 Å². The lowest BCUT2D eigenvalue weighted by Gasteiger charge is -2.16. The molecule has 3 rings (SSSR count). The number of furan rings is 1. The van der Waals surface area contributed by atoms with Gasteiger partial charge in [0.1, 0.15) is 11.6 Å². The minimum atomic E-state index is -0.127. The fraction of sp³-hybridized carbons (Fsp3) is 0.357. The maximum atomic E-state index is 11.2. The highest BCUT2D eigenvalue weighted by atomic mass is 16.5. The summed E-state index contributed by atoms with van der Waals surface area (Å²) in [4.78, 5) is 15.9. The number of unbranched alkanes of at least 4 members (excludes halogenated alkanes) is 3. The predicted octanol–water partition coefficient (Wildman–Crippen LogP) is 7.13. The Bertz CT molecular complexity index is 1070. The summed E-state index contributed by atoms with van der Waals surface area (Å²) in [6.07, 6.45) is 11.3. The van der Waals surface area contributed by atoms with Crippen LogP contribution in [-0.2, 0) is 16.1 Å². The molecule has 1 aromatic carbocycles. The highest BCUT2D eigenvalue weighted by Crippen LogP contribution is 2.27. The van der Waals surface area contributed by atoms with Gasteiger partial charge in [0.05, 0.1) is 13.4 Å². The third kappa shape index (κ3) is 6.58. The highest BCUT2D eigenvalue weighted by Gasteiger charge is 2.13. The zero-order valence-electron chi connectivity index (χ0n) is 20.0. The Morgan fingerprint density at radius 2 is 1.79 bits per heavy atom. The Morgan fingerprint density at radius 3 is 2.42 bits per heavy atom.